The summed E-state index contributed by atoms with van der Waals surface area (Å²) in [5.74, 6) is 0. The Labute approximate surface area is 86.9 Å². The molecule has 0 saturated carbocycles. The highest BCUT2D eigenvalue weighted by Gasteiger charge is 2.04. The quantitative estimate of drug-likeness (QED) is 0.757. The fourth-order valence-electron chi connectivity index (χ4n) is 1.15. The van der Waals surface area contributed by atoms with Crippen LogP contribution in [-0.2, 0) is 0 Å². The SMILES string of the molecule is CN(CCBr)c1ccccc1C#N. The molecule has 1 aromatic carbocycles. The average Bonchev–Trinajstić information content (AvgIpc) is 2.18. The first-order chi connectivity index (χ1) is 6.29. The molecule has 0 unspecified atom stereocenters. The number of nitriles is 1. The molecule has 0 bridgehead atoms. The van der Waals surface area contributed by atoms with E-state index in [4.69, 9.17) is 5.26 Å². The summed E-state index contributed by atoms with van der Waals surface area (Å²) in [6, 6.07) is 9.80. The van der Waals surface area contributed by atoms with Crippen molar-refractivity contribution in [1.29, 1.82) is 5.26 Å². The van der Waals surface area contributed by atoms with E-state index in [-0.39, 0.29) is 0 Å². The fraction of sp³-hybridized carbons (Fsp3) is 0.300. The van der Waals surface area contributed by atoms with Gasteiger partial charge in [0.05, 0.1) is 11.3 Å². The van der Waals surface area contributed by atoms with E-state index in [0.717, 1.165) is 23.1 Å². The summed E-state index contributed by atoms with van der Waals surface area (Å²) in [6.45, 7) is 0.901. The second kappa shape index (κ2) is 4.88. The van der Waals surface area contributed by atoms with Crippen LogP contribution in [0.4, 0.5) is 5.69 Å². The monoisotopic (exact) mass is 238 g/mol. The number of rotatable bonds is 3. The summed E-state index contributed by atoms with van der Waals surface area (Å²) in [5, 5.41) is 9.75. The van der Waals surface area contributed by atoms with Crippen molar-refractivity contribution in [1.82, 2.24) is 0 Å². The molecule has 0 amide bonds. The van der Waals surface area contributed by atoms with Crippen molar-refractivity contribution < 1.29 is 0 Å². The number of hydrogen-bond acceptors (Lipinski definition) is 2. The summed E-state index contributed by atoms with van der Waals surface area (Å²) in [5.41, 5.74) is 1.72. The van der Waals surface area contributed by atoms with Gasteiger partial charge in [0.15, 0.2) is 0 Å². The maximum absolute atomic E-state index is 8.85. The van der Waals surface area contributed by atoms with Gasteiger partial charge in [-0.2, -0.15) is 5.26 Å². The molecule has 1 rings (SSSR count). The van der Waals surface area contributed by atoms with Gasteiger partial charge in [0.1, 0.15) is 6.07 Å². The molecule has 0 atom stereocenters. The normalized spacial score (nSPS) is 9.31. The highest BCUT2D eigenvalue weighted by atomic mass is 79.9. The van der Waals surface area contributed by atoms with Gasteiger partial charge in [-0.25, -0.2) is 0 Å². The lowest BCUT2D eigenvalue weighted by molar-refractivity contribution is 0.979. The molecule has 2 nitrogen and oxygen atoms in total. The molecule has 13 heavy (non-hydrogen) atoms. The van der Waals surface area contributed by atoms with Crippen LogP contribution in [0.2, 0.25) is 0 Å². The molecule has 0 saturated heterocycles. The smallest absolute Gasteiger partial charge is 0.101 e. The van der Waals surface area contributed by atoms with Gasteiger partial charge < -0.3 is 4.90 Å². The number of nitrogens with zero attached hydrogens (tertiary/aromatic N) is 2. The molecule has 3 heteroatoms. The summed E-state index contributed by atoms with van der Waals surface area (Å²) in [4.78, 5) is 2.06. The van der Waals surface area contributed by atoms with E-state index in [1.165, 1.54) is 0 Å². The average molecular weight is 239 g/mol. The van der Waals surface area contributed by atoms with Crippen LogP contribution in [0.5, 0.6) is 0 Å². The van der Waals surface area contributed by atoms with Crippen molar-refractivity contribution in [3.63, 3.8) is 0 Å². The third-order valence-corrected chi connectivity index (χ3v) is 2.21. The van der Waals surface area contributed by atoms with Crippen molar-refractivity contribution in [2.24, 2.45) is 0 Å². The third-order valence-electron chi connectivity index (χ3n) is 1.86. The van der Waals surface area contributed by atoms with Crippen molar-refractivity contribution in [2.45, 2.75) is 0 Å². The minimum absolute atomic E-state index is 0.728. The van der Waals surface area contributed by atoms with Crippen molar-refractivity contribution in [2.75, 3.05) is 23.8 Å². The number of hydrogen-bond donors (Lipinski definition) is 0. The molecule has 1 aromatic rings. The molecule has 0 aliphatic carbocycles. The van der Waals surface area contributed by atoms with Gasteiger partial charge in [-0.05, 0) is 12.1 Å². The van der Waals surface area contributed by atoms with Crippen LogP contribution in [0.3, 0.4) is 0 Å². The zero-order chi connectivity index (χ0) is 9.68. The van der Waals surface area contributed by atoms with E-state index >= 15 is 0 Å². The Morgan fingerprint density at radius 1 is 1.46 bits per heavy atom. The Bertz CT molecular complexity index is 317. The first kappa shape index (κ1) is 10.1. The van der Waals surface area contributed by atoms with Crippen LogP contribution >= 0.6 is 15.9 Å². The Kier molecular flexibility index (Phi) is 3.78. The van der Waals surface area contributed by atoms with Gasteiger partial charge in [-0.3, -0.25) is 0 Å². The zero-order valence-electron chi connectivity index (χ0n) is 7.50. The molecule has 0 aromatic heterocycles. The minimum atomic E-state index is 0.728. The molecule has 0 radical (unpaired) electrons. The highest BCUT2D eigenvalue weighted by molar-refractivity contribution is 9.09. The van der Waals surface area contributed by atoms with Gasteiger partial charge in [-0.1, -0.05) is 28.1 Å². The van der Waals surface area contributed by atoms with Crippen molar-refractivity contribution in [3.05, 3.63) is 29.8 Å². The number of halogens is 1. The highest BCUT2D eigenvalue weighted by Crippen LogP contribution is 2.17. The second-order valence-electron chi connectivity index (χ2n) is 2.74. The number of alkyl halides is 1. The molecule has 0 heterocycles. The standard InChI is InChI=1S/C10H11BrN2/c1-13(7-6-11)10-5-3-2-4-9(10)8-12/h2-5H,6-7H2,1H3. The summed E-state index contributed by atoms with van der Waals surface area (Å²) >= 11 is 3.37. The van der Waals surface area contributed by atoms with Crippen LogP contribution in [0.25, 0.3) is 0 Å². The largest absolute Gasteiger partial charge is 0.373 e. The Morgan fingerprint density at radius 2 is 2.15 bits per heavy atom. The van der Waals surface area contributed by atoms with Crippen LogP contribution in [0, 0.1) is 11.3 Å². The van der Waals surface area contributed by atoms with E-state index < -0.39 is 0 Å². The van der Waals surface area contributed by atoms with Gasteiger partial charge in [0.2, 0.25) is 0 Å². The van der Waals surface area contributed by atoms with Gasteiger partial charge in [0, 0.05) is 18.9 Å². The molecule has 0 fully saturated rings. The number of para-hydroxylation sites is 1. The maximum atomic E-state index is 8.85. The van der Waals surface area contributed by atoms with Crippen LogP contribution in [0.1, 0.15) is 5.56 Å². The summed E-state index contributed by atoms with van der Waals surface area (Å²) in [6.07, 6.45) is 0. The Morgan fingerprint density at radius 3 is 2.77 bits per heavy atom. The Hall–Kier alpha value is -1.01. The van der Waals surface area contributed by atoms with Crippen LogP contribution < -0.4 is 4.90 Å². The number of benzene rings is 1. The van der Waals surface area contributed by atoms with Gasteiger partial charge in [0.25, 0.3) is 0 Å². The van der Waals surface area contributed by atoms with Gasteiger partial charge >= 0.3 is 0 Å². The van der Waals surface area contributed by atoms with Crippen LogP contribution in [0.15, 0.2) is 24.3 Å². The first-order valence-corrected chi connectivity index (χ1v) is 5.18. The maximum Gasteiger partial charge on any atom is 0.101 e. The van der Waals surface area contributed by atoms with E-state index in [9.17, 15) is 0 Å². The molecule has 68 valence electrons. The number of anilines is 1. The zero-order valence-corrected chi connectivity index (χ0v) is 9.08. The fourth-order valence-corrected chi connectivity index (χ4v) is 1.68. The van der Waals surface area contributed by atoms with E-state index in [1.54, 1.807) is 0 Å². The van der Waals surface area contributed by atoms with E-state index in [1.807, 2.05) is 31.3 Å². The van der Waals surface area contributed by atoms with E-state index in [0.29, 0.717) is 0 Å². The second-order valence-corrected chi connectivity index (χ2v) is 3.53. The van der Waals surface area contributed by atoms with Gasteiger partial charge in [-0.15, -0.1) is 0 Å². The minimum Gasteiger partial charge on any atom is -0.373 e. The predicted octanol–water partition coefficient (Wildman–Crippen LogP) is 2.39. The first-order valence-electron chi connectivity index (χ1n) is 4.06. The lowest BCUT2D eigenvalue weighted by Gasteiger charge is -2.18. The molecule has 0 spiro atoms. The van der Waals surface area contributed by atoms with Crippen LogP contribution in [-0.4, -0.2) is 18.9 Å². The lowest BCUT2D eigenvalue weighted by Crippen LogP contribution is -2.20. The molecule has 0 aliphatic rings. The van der Waals surface area contributed by atoms with E-state index in [2.05, 4.69) is 26.9 Å². The Balaban J connectivity index is 2.93. The van der Waals surface area contributed by atoms with Crippen molar-refractivity contribution in [3.8, 4) is 6.07 Å². The molecule has 0 N–H and O–H groups in total. The third kappa shape index (κ3) is 2.46. The summed E-state index contributed by atoms with van der Waals surface area (Å²) in [7, 11) is 1.98. The molecular weight excluding hydrogens is 228 g/mol. The predicted molar refractivity (Wildman–Crippen MR) is 58.2 cm³/mol. The topological polar surface area (TPSA) is 27.0 Å². The molecule has 0 aliphatic heterocycles. The summed E-state index contributed by atoms with van der Waals surface area (Å²) < 4.78 is 0. The van der Waals surface area contributed by atoms with Crippen molar-refractivity contribution >= 4 is 21.6 Å². The molecular formula is C10H11BrN2. The lowest BCUT2D eigenvalue weighted by atomic mass is 10.2.